The molecule has 0 bridgehead atoms. The minimum Gasteiger partial charge on any atom is -0.611 e. The molecule has 1 aromatic rings. The third-order valence-electron chi connectivity index (χ3n) is 2.21. The van der Waals surface area contributed by atoms with Crippen molar-refractivity contribution in [2.45, 2.75) is 49.2 Å². The summed E-state index contributed by atoms with van der Waals surface area (Å²) in [6.07, 6.45) is 0. The van der Waals surface area contributed by atoms with Crippen LogP contribution in [0.5, 0.6) is 0 Å². The molecule has 2 nitrogen and oxygen atoms in total. The number of thioether (sulfide) groups is 1. The molecule has 1 rings (SSSR count). The van der Waals surface area contributed by atoms with E-state index in [9.17, 15) is 4.55 Å². The first kappa shape index (κ1) is 17.7. The van der Waals surface area contributed by atoms with Crippen LogP contribution in [0.3, 0.4) is 0 Å². The van der Waals surface area contributed by atoms with Crippen LogP contribution < -0.4 is 0 Å². The molecular weight excluding hydrogens is 306 g/mol. The zero-order valence-electron chi connectivity index (χ0n) is 12.6. The molecule has 0 N–H and O–H groups in total. The zero-order chi connectivity index (χ0) is 15.3. The van der Waals surface area contributed by atoms with Gasteiger partial charge >= 0.3 is 0 Å². The van der Waals surface area contributed by atoms with Gasteiger partial charge in [-0.3, -0.25) is 0 Å². The lowest BCUT2D eigenvalue weighted by molar-refractivity contribution is 0.581. The van der Waals surface area contributed by atoms with Crippen LogP contribution in [0.4, 0.5) is 5.69 Å². The predicted molar refractivity (Wildman–Crippen MR) is 92.9 cm³/mol. The molecule has 0 aliphatic heterocycles. The summed E-state index contributed by atoms with van der Waals surface area (Å²) in [7, 11) is 0. The Morgan fingerprint density at radius 3 is 2.50 bits per heavy atom. The Bertz CT molecular complexity index is 502. The fourth-order valence-electron chi connectivity index (χ4n) is 1.62. The molecule has 0 fully saturated rings. The van der Waals surface area contributed by atoms with Crippen LogP contribution >= 0.6 is 24.0 Å². The van der Waals surface area contributed by atoms with Crippen LogP contribution in [0.15, 0.2) is 33.0 Å². The smallest absolute Gasteiger partial charge is 0.155 e. The Labute approximate surface area is 134 Å². The SMILES string of the molecule is CC(C)C[S+]([O-])c1cc(N=C=S)cc(SC(C)(C)C)c1. The van der Waals surface area contributed by atoms with E-state index in [-0.39, 0.29) is 4.75 Å². The largest absolute Gasteiger partial charge is 0.611 e. The first-order valence-corrected chi connectivity index (χ1v) is 9.06. The molecule has 1 atom stereocenters. The molecule has 0 aromatic heterocycles. The van der Waals surface area contributed by atoms with E-state index in [1.54, 1.807) is 11.8 Å². The van der Waals surface area contributed by atoms with Crippen LogP contribution in [0, 0.1) is 5.92 Å². The molecule has 5 heteroatoms. The van der Waals surface area contributed by atoms with Gasteiger partial charge in [0.25, 0.3) is 0 Å². The van der Waals surface area contributed by atoms with Gasteiger partial charge in [0.15, 0.2) is 4.90 Å². The van der Waals surface area contributed by atoms with E-state index in [0.717, 1.165) is 15.5 Å². The van der Waals surface area contributed by atoms with Crippen molar-refractivity contribution in [1.29, 1.82) is 0 Å². The molecule has 1 aromatic carbocycles. The van der Waals surface area contributed by atoms with Crippen LogP contribution in [-0.2, 0) is 11.2 Å². The highest BCUT2D eigenvalue weighted by atomic mass is 32.2. The second kappa shape index (κ2) is 7.62. The summed E-state index contributed by atoms with van der Waals surface area (Å²) in [5, 5.41) is 2.38. The van der Waals surface area contributed by atoms with Gasteiger partial charge in [-0.25, -0.2) is 0 Å². The highest BCUT2D eigenvalue weighted by Gasteiger charge is 2.18. The van der Waals surface area contributed by atoms with E-state index in [0.29, 0.717) is 11.7 Å². The highest BCUT2D eigenvalue weighted by molar-refractivity contribution is 8.00. The lowest BCUT2D eigenvalue weighted by Gasteiger charge is -2.19. The monoisotopic (exact) mass is 327 g/mol. The van der Waals surface area contributed by atoms with E-state index in [2.05, 4.69) is 57.0 Å². The summed E-state index contributed by atoms with van der Waals surface area (Å²) >= 11 is 5.40. The molecule has 1 unspecified atom stereocenters. The van der Waals surface area contributed by atoms with Crippen LogP contribution in [0.25, 0.3) is 0 Å². The Morgan fingerprint density at radius 1 is 1.35 bits per heavy atom. The van der Waals surface area contributed by atoms with Crippen molar-refractivity contribution in [3.63, 3.8) is 0 Å². The summed E-state index contributed by atoms with van der Waals surface area (Å²) in [5.74, 6) is 1.05. The molecular formula is C15H21NOS3. The maximum atomic E-state index is 12.3. The second-order valence-electron chi connectivity index (χ2n) is 5.99. The molecule has 0 amide bonds. The fourth-order valence-corrected chi connectivity index (χ4v) is 4.18. The van der Waals surface area contributed by atoms with E-state index in [1.807, 2.05) is 18.2 Å². The summed E-state index contributed by atoms with van der Waals surface area (Å²) in [6, 6.07) is 5.80. The average molecular weight is 328 g/mol. The van der Waals surface area contributed by atoms with Crippen LogP contribution in [0.1, 0.15) is 34.6 Å². The first-order valence-electron chi connectivity index (χ1n) is 6.51. The number of benzene rings is 1. The molecule has 0 saturated heterocycles. The van der Waals surface area contributed by atoms with Gasteiger partial charge < -0.3 is 4.55 Å². The third-order valence-corrected chi connectivity index (χ3v) is 5.12. The van der Waals surface area contributed by atoms with Gasteiger partial charge in [0.1, 0.15) is 5.75 Å². The van der Waals surface area contributed by atoms with Crippen molar-refractivity contribution in [3.05, 3.63) is 18.2 Å². The van der Waals surface area contributed by atoms with Crippen molar-refractivity contribution in [2.75, 3.05) is 5.75 Å². The van der Waals surface area contributed by atoms with Gasteiger partial charge in [0, 0.05) is 21.8 Å². The molecule has 0 radical (unpaired) electrons. The van der Waals surface area contributed by atoms with Crippen molar-refractivity contribution < 1.29 is 4.55 Å². The number of hydrogen-bond donors (Lipinski definition) is 0. The van der Waals surface area contributed by atoms with E-state index in [1.165, 1.54) is 0 Å². The molecule has 0 saturated carbocycles. The molecule has 20 heavy (non-hydrogen) atoms. The van der Waals surface area contributed by atoms with Gasteiger partial charge in [-0.2, -0.15) is 4.99 Å². The number of thiocarbonyl (C=S) groups is 1. The molecule has 0 heterocycles. The number of rotatable bonds is 5. The Morgan fingerprint density at radius 2 is 2.00 bits per heavy atom. The van der Waals surface area contributed by atoms with Gasteiger partial charge in [0.2, 0.25) is 0 Å². The van der Waals surface area contributed by atoms with Crippen LogP contribution in [0.2, 0.25) is 0 Å². The van der Waals surface area contributed by atoms with E-state index >= 15 is 0 Å². The Kier molecular flexibility index (Phi) is 6.76. The second-order valence-corrected chi connectivity index (χ2v) is 9.56. The Balaban J connectivity index is 3.13. The molecule has 0 aliphatic rings. The first-order chi connectivity index (χ1) is 9.21. The number of nitrogens with zero attached hydrogens (tertiary/aromatic N) is 1. The summed E-state index contributed by atoms with van der Waals surface area (Å²) in [5.41, 5.74) is 0.723. The average Bonchev–Trinajstić information content (AvgIpc) is 2.25. The fraction of sp³-hybridized carbons (Fsp3) is 0.533. The van der Waals surface area contributed by atoms with E-state index < -0.39 is 11.2 Å². The molecule has 0 aliphatic carbocycles. The molecule has 0 spiro atoms. The summed E-state index contributed by atoms with van der Waals surface area (Å²) in [6.45, 7) is 10.6. The maximum absolute atomic E-state index is 12.3. The van der Waals surface area contributed by atoms with Gasteiger partial charge in [-0.15, -0.1) is 11.8 Å². The van der Waals surface area contributed by atoms with E-state index in [4.69, 9.17) is 0 Å². The van der Waals surface area contributed by atoms with Gasteiger partial charge in [-0.05, 0) is 35.4 Å². The van der Waals surface area contributed by atoms with Gasteiger partial charge in [0.05, 0.1) is 10.8 Å². The summed E-state index contributed by atoms with van der Waals surface area (Å²) in [4.78, 5) is 5.92. The normalized spacial score (nSPS) is 13.2. The lowest BCUT2D eigenvalue weighted by Crippen LogP contribution is -2.12. The van der Waals surface area contributed by atoms with Crippen molar-refractivity contribution >= 4 is 46.0 Å². The van der Waals surface area contributed by atoms with Gasteiger partial charge in [-0.1, -0.05) is 34.6 Å². The standard InChI is InChI=1S/C15H21NOS3/c1-11(2)9-20(17)14-7-12(16-10-18)6-13(8-14)19-15(3,4)5/h6-8,11H,9H2,1-5H3. The zero-order valence-corrected chi connectivity index (χ0v) is 15.0. The van der Waals surface area contributed by atoms with Crippen molar-refractivity contribution in [2.24, 2.45) is 10.9 Å². The lowest BCUT2D eigenvalue weighted by atomic mass is 10.3. The quantitative estimate of drug-likeness (QED) is 0.327. The minimum atomic E-state index is -1.00. The molecule has 110 valence electrons. The number of hydrogen-bond acceptors (Lipinski definition) is 4. The predicted octanol–water partition coefficient (Wildman–Crippen LogP) is 5.08. The van der Waals surface area contributed by atoms with Crippen LogP contribution in [-0.4, -0.2) is 20.2 Å². The topological polar surface area (TPSA) is 35.4 Å². The summed E-state index contributed by atoms with van der Waals surface area (Å²) < 4.78 is 12.4. The Hall–Kier alpha value is -0.320. The minimum absolute atomic E-state index is 0.0941. The highest BCUT2D eigenvalue weighted by Crippen LogP contribution is 2.35. The third kappa shape index (κ3) is 6.42. The van der Waals surface area contributed by atoms with Crippen molar-refractivity contribution in [1.82, 2.24) is 0 Å². The van der Waals surface area contributed by atoms with Crippen molar-refractivity contribution in [3.8, 4) is 0 Å². The number of isothiocyanates is 1. The number of aliphatic imine (C=N–C) groups is 1. The maximum Gasteiger partial charge on any atom is 0.155 e.